The molecule has 0 saturated carbocycles. The second kappa shape index (κ2) is 4.68. The first kappa shape index (κ1) is 13.4. The van der Waals surface area contributed by atoms with Crippen molar-refractivity contribution < 1.29 is 27.1 Å². The zero-order valence-corrected chi connectivity index (χ0v) is 9.88. The van der Waals surface area contributed by atoms with Crippen LogP contribution >= 0.6 is 0 Å². The molecule has 0 atom stereocenters. The Morgan fingerprint density at radius 2 is 1.94 bits per heavy atom. The normalized spacial score (nSPS) is 11.1. The highest BCUT2D eigenvalue weighted by Crippen LogP contribution is 2.26. The predicted octanol–water partition coefficient (Wildman–Crippen LogP) is 0.268. The highest BCUT2D eigenvalue weighted by atomic mass is 32.2. The van der Waals surface area contributed by atoms with Gasteiger partial charge in [0.1, 0.15) is 5.56 Å². The van der Waals surface area contributed by atoms with Gasteiger partial charge in [0.25, 0.3) is 0 Å². The van der Waals surface area contributed by atoms with E-state index in [1.54, 1.807) is 0 Å². The van der Waals surface area contributed by atoms with Gasteiger partial charge < -0.3 is 9.47 Å². The molecular formula is C9H10FNO5S. The number of hydrogen-bond acceptors (Lipinski definition) is 5. The standard InChI is InChI=1S/C9H10FNO5S/c1-15-8-6(9(12)16-2)3-5(4-7(8)10)17(11,13)14/h3-4H,1-2H3,(H2,11,13,14). The second-order valence-corrected chi connectivity index (χ2v) is 4.58. The highest BCUT2D eigenvalue weighted by molar-refractivity contribution is 7.89. The molecule has 6 nitrogen and oxygen atoms in total. The van der Waals surface area contributed by atoms with Crippen LogP contribution < -0.4 is 9.88 Å². The quantitative estimate of drug-likeness (QED) is 0.789. The summed E-state index contributed by atoms with van der Waals surface area (Å²) in [4.78, 5) is 10.8. The molecule has 0 aromatic heterocycles. The number of carbonyl (C=O) groups is 1. The van der Waals surface area contributed by atoms with Gasteiger partial charge in [0.2, 0.25) is 10.0 Å². The molecule has 0 aliphatic carbocycles. The summed E-state index contributed by atoms with van der Waals surface area (Å²) in [6.45, 7) is 0. The van der Waals surface area contributed by atoms with Crippen LogP contribution in [0.2, 0.25) is 0 Å². The van der Waals surface area contributed by atoms with Crippen molar-refractivity contribution in [3.05, 3.63) is 23.5 Å². The minimum atomic E-state index is -4.12. The Labute approximate surface area is 97.2 Å². The lowest BCUT2D eigenvalue weighted by Gasteiger charge is -2.09. The molecule has 8 heteroatoms. The van der Waals surface area contributed by atoms with Crippen LogP contribution in [0.15, 0.2) is 17.0 Å². The Morgan fingerprint density at radius 1 is 1.35 bits per heavy atom. The number of halogens is 1. The number of nitrogens with two attached hydrogens (primary N) is 1. The Hall–Kier alpha value is -1.67. The van der Waals surface area contributed by atoms with E-state index in [1.807, 2.05) is 0 Å². The van der Waals surface area contributed by atoms with Crippen molar-refractivity contribution in [1.29, 1.82) is 0 Å². The molecule has 0 unspecified atom stereocenters. The minimum Gasteiger partial charge on any atom is -0.493 e. The maximum atomic E-state index is 13.5. The number of ether oxygens (including phenoxy) is 2. The molecule has 0 aliphatic heterocycles. The van der Waals surface area contributed by atoms with Gasteiger partial charge in [0.15, 0.2) is 11.6 Å². The summed E-state index contributed by atoms with van der Waals surface area (Å²) in [6.07, 6.45) is 0. The van der Waals surface area contributed by atoms with Crippen LogP contribution in [-0.2, 0) is 14.8 Å². The Bertz CT molecular complexity index is 555. The largest absolute Gasteiger partial charge is 0.493 e. The number of hydrogen-bond donors (Lipinski definition) is 1. The minimum absolute atomic E-state index is 0.348. The van der Waals surface area contributed by atoms with E-state index in [4.69, 9.17) is 5.14 Å². The van der Waals surface area contributed by atoms with Crippen LogP contribution in [0.4, 0.5) is 4.39 Å². The SMILES string of the molecule is COC(=O)c1cc(S(N)(=O)=O)cc(F)c1OC. The van der Waals surface area contributed by atoms with Crippen LogP contribution in [0, 0.1) is 5.82 Å². The fourth-order valence-corrected chi connectivity index (χ4v) is 1.75. The average molecular weight is 263 g/mol. The van der Waals surface area contributed by atoms with Gasteiger partial charge in [-0.25, -0.2) is 22.7 Å². The van der Waals surface area contributed by atoms with E-state index in [9.17, 15) is 17.6 Å². The van der Waals surface area contributed by atoms with Gasteiger partial charge in [0.05, 0.1) is 19.1 Å². The van der Waals surface area contributed by atoms with E-state index < -0.39 is 32.5 Å². The van der Waals surface area contributed by atoms with Crippen LogP contribution in [0.3, 0.4) is 0 Å². The van der Waals surface area contributed by atoms with Gasteiger partial charge in [-0.15, -0.1) is 0 Å². The van der Waals surface area contributed by atoms with E-state index >= 15 is 0 Å². The van der Waals surface area contributed by atoms with Crippen LogP contribution in [0.25, 0.3) is 0 Å². The molecule has 0 radical (unpaired) electrons. The monoisotopic (exact) mass is 263 g/mol. The van der Waals surface area contributed by atoms with Gasteiger partial charge >= 0.3 is 5.97 Å². The number of primary sulfonamides is 1. The molecule has 17 heavy (non-hydrogen) atoms. The highest BCUT2D eigenvalue weighted by Gasteiger charge is 2.22. The van der Waals surface area contributed by atoms with E-state index in [-0.39, 0.29) is 5.56 Å². The van der Waals surface area contributed by atoms with Gasteiger partial charge in [-0.1, -0.05) is 0 Å². The smallest absolute Gasteiger partial charge is 0.341 e. The number of sulfonamides is 1. The number of methoxy groups -OCH3 is 2. The van der Waals surface area contributed by atoms with Crippen molar-refractivity contribution in [3.63, 3.8) is 0 Å². The van der Waals surface area contributed by atoms with Crippen LogP contribution in [0.5, 0.6) is 5.75 Å². The molecule has 1 rings (SSSR count). The lowest BCUT2D eigenvalue weighted by Crippen LogP contribution is -2.15. The maximum Gasteiger partial charge on any atom is 0.341 e. The van der Waals surface area contributed by atoms with Gasteiger partial charge in [-0.05, 0) is 12.1 Å². The number of carbonyl (C=O) groups excluding carboxylic acids is 1. The summed E-state index contributed by atoms with van der Waals surface area (Å²) in [5.41, 5.74) is -0.348. The van der Waals surface area contributed by atoms with Gasteiger partial charge in [-0.3, -0.25) is 0 Å². The van der Waals surface area contributed by atoms with E-state index in [0.29, 0.717) is 6.07 Å². The predicted molar refractivity (Wildman–Crippen MR) is 55.7 cm³/mol. The first-order valence-electron chi connectivity index (χ1n) is 4.30. The molecule has 0 amide bonds. The summed E-state index contributed by atoms with van der Waals surface area (Å²) in [5.74, 6) is -2.34. The van der Waals surface area contributed by atoms with Crippen LogP contribution in [-0.4, -0.2) is 28.6 Å². The first-order valence-corrected chi connectivity index (χ1v) is 5.84. The summed E-state index contributed by atoms with van der Waals surface area (Å²) in [6, 6.07) is 1.56. The second-order valence-electron chi connectivity index (χ2n) is 3.02. The molecule has 94 valence electrons. The van der Waals surface area contributed by atoms with E-state index in [1.165, 1.54) is 0 Å². The molecule has 1 aromatic rings. The molecule has 0 saturated heterocycles. The summed E-state index contributed by atoms with van der Waals surface area (Å²) < 4.78 is 44.7. The van der Waals surface area contributed by atoms with Crippen molar-refractivity contribution in [2.75, 3.05) is 14.2 Å². The van der Waals surface area contributed by atoms with Crippen molar-refractivity contribution in [1.82, 2.24) is 0 Å². The molecular weight excluding hydrogens is 253 g/mol. The summed E-state index contributed by atoms with van der Waals surface area (Å²) in [5, 5.41) is 4.84. The van der Waals surface area contributed by atoms with E-state index in [2.05, 4.69) is 9.47 Å². The van der Waals surface area contributed by atoms with E-state index in [0.717, 1.165) is 20.3 Å². The van der Waals surface area contributed by atoms with Crippen molar-refractivity contribution in [3.8, 4) is 5.75 Å². The molecule has 0 spiro atoms. The third-order valence-corrected chi connectivity index (χ3v) is 2.85. The fraction of sp³-hybridized carbons (Fsp3) is 0.222. The van der Waals surface area contributed by atoms with Crippen molar-refractivity contribution in [2.24, 2.45) is 5.14 Å². The van der Waals surface area contributed by atoms with Gasteiger partial charge in [-0.2, -0.15) is 0 Å². The molecule has 0 bridgehead atoms. The van der Waals surface area contributed by atoms with Crippen LogP contribution in [0.1, 0.15) is 10.4 Å². The number of benzene rings is 1. The number of esters is 1. The zero-order chi connectivity index (χ0) is 13.2. The lowest BCUT2D eigenvalue weighted by atomic mass is 10.2. The topological polar surface area (TPSA) is 95.7 Å². The molecule has 0 fully saturated rings. The Balaban J connectivity index is 3.55. The molecule has 2 N–H and O–H groups in total. The Kier molecular flexibility index (Phi) is 3.69. The number of rotatable bonds is 3. The average Bonchev–Trinajstić information content (AvgIpc) is 2.25. The summed E-state index contributed by atoms with van der Waals surface area (Å²) >= 11 is 0. The molecule has 1 aromatic carbocycles. The Morgan fingerprint density at radius 3 is 2.35 bits per heavy atom. The fourth-order valence-electron chi connectivity index (χ4n) is 1.20. The summed E-state index contributed by atoms with van der Waals surface area (Å²) in [7, 11) is -1.90. The third-order valence-electron chi connectivity index (χ3n) is 1.96. The van der Waals surface area contributed by atoms with Crippen molar-refractivity contribution >= 4 is 16.0 Å². The first-order chi connectivity index (χ1) is 7.81. The zero-order valence-electron chi connectivity index (χ0n) is 9.06. The lowest BCUT2D eigenvalue weighted by molar-refractivity contribution is 0.0595. The molecule has 0 aliphatic rings. The third kappa shape index (κ3) is 2.71. The maximum absolute atomic E-state index is 13.5. The van der Waals surface area contributed by atoms with Gasteiger partial charge in [0, 0.05) is 0 Å². The molecule has 0 heterocycles. The van der Waals surface area contributed by atoms with Crippen molar-refractivity contribution in [2.45, 2.75) is 4.90 Å².